The van der Waals surface area contributed by atoms with E-state index in [9.17, 15) is 0 Å². The first-order valence-corrected chi connectivity index (χ1v) is 6.60. The fourth-order valence-electron chi connectivity index (χ4n) is 1.84. The van der Waals surface area contributed by atoms with Gasteiger partial charge in [0, 0.05) is 25.7 Å². The summed E-state index contributed by atoms with van der Waals surface area (Å²) in [4.78, 5) is 2.41. The molecule has 0 aromatic heterocycles. The molecule has 0 aliphatic rings. The zero-order valence-corrected chi connectivity index (χ0v) is 11.7. The third kappa shape index (κ3) is 5.33. The fraction of sp³-hybridized carbons (Fsp3) is 0.600. The maximum Gasteiger partial charge on any atom is 0.0206 e. The van der Waals surface area contributed by atoms with Gasteiger partial charge in [0.05, 0.1) is 0 Å². The average molecular weight is 234 g/mol. The molecule has 0 radical (unpaired) electrons. The number of nitrogens with one attached hydrogen (secondary N) is 1. The van der Waals surface area contributed by atoms with Crippen molar-refractivity contribution in [1.82, 2.24) is 10.2 Å². The van der Waals surface area contributed by atoms with E-state index in [1.165, 1.54) is 17.5 Å². The Morgan fingerprint density at radius 1 is 1.35 bits per heavy atom. The predicted octanol–water partition coefficient (Wildman–Crippen LogP) is 2.81. The van der Waals surface area contributed by atoms with Crippen molar-refractivity contribution in [2.24, 2.45) is 0 Å². The van der Waals surface area contributed by atoms with E-state index < -0.39 is 0 Å². The van der Waals surface area contributed by atoms with Gasteiger partial charge in [-0.1, -0.05) is 36.8 Å². The summed E-state index contributed by atoms with van der Waals surface area (Å²) in [5, 5.41) is 3.50. The highest BCUT2D eigenvalue weighted by atomic mass is 15.1. The van der Waals surface area contributed by atoms with Gasteiger partial charge in [-0.2, -0.15) is 0 Å². The fourth-order valence-corrected chi connectivity index (χ4v) is 1.84. The van der Waals surface area contributed by atoms with Crippen LogP contribution in [0.15, 0.2) is 24.3 Å². The Morgan fingerprint density at radius 2 is 2.12 bits per heavy atom. The summed E-state index contributed by atoms with van der Waals surface area (Å²) in [5.41, 5.74) is 2.71. The molecule has 1 aromatic carbocycles. The van der Waals surface area contributed by atoms with Gasteiger partial charge < -0.3 is 10.2 Å². The molecule has 1 aromatic rings. The molecule has 17 heavy (non-hydrogen) atoms. The van der Waals surface area contributed by atoms with Gasteiger partial charge in [-0.15, -0.1) is 0 Å². The minimum absolute atomic E-state index is 0.677. The Morgan fingerprint density at radius 3 is 2.76 bits per heavy atom. The van der Waals surface area contributed by atoms with Crippen molar-refractivity contribution >= 4 is 0 Å². The Hall–Kier alpha value is -0.860. The second kappa shape index (κ2) is 7.46. The van der Waals surface area contributed by atoms with E-state index in [2.05, 4.69) is 62.3 Å². The molecule has 1 N–H and O–H groups in total. The molecule has 0 bridgehead atoms. The van der Waals surface area contributed by atoms with Gasteiger partial charge in [-0.25, -0.2) is 0 Å². The van der Waals surface area contributed by atoms with Gasteiger partial charge in [-0.05, 0) is 32.9 Å². The summed E-state index contributed by atoms with van der Waals surface area (Å²) in [6, 6.07) is 9.36. The van der Waals surface area contributed by atoms with Crippen LogP contribution in [0.4, 0.5) is 0 Å². The first-order valence-electron chi connectivity index (χ1n) is 6.60. The summed E-state index contributed by atoms with van der Waals surface area (Å²) < 4.78 is 0. The first kappa shape index (κ1) is 14.2. The number of benzene rings is 1. The van der Waals surface area contributed by atoms with Crippen LogP contribution < -0.4 is 5.32 Å². The molecule has 0 aliphatic carbocycles. The average Bonchev–Trinajstić information content (AvgIpc) is 2.33. The summed E-state index contributed by atoms with van der Waals surface area (Å²) in [5.74, 6) is 0. The van der Waals surface area contributed by atoms with E-state index in [1.54, 1.807) is 0 Å². The van der Waals surface area contributed by atoms with E-state index >= 15 is 0 Å². The van der Waals surface area contributed by atoms with Crippen LogP contribution in [0, 0.1) is 6.92 Å². The molecule has 1 rings (SSSR count). The molecule has 0 saturated heterocycles. The summed E-state index contributed by atoms with van der Waals surface area (Å²) in [6.45, 7) is 9.79. The van der Waals surface area contributed by atoms with E-state index in [1.807, 2.05) is 0 Å². The molecule has 1 atom stereocenters. The molecule has 0 saturated carbocycles. The monoisotopic (exact) mass is 234 g/mol. The van der Waals surface area contributed by atoms with Crippen molar-refractivity contribution in [3.63, 3.8) is 0 Å². The largest absolute Gasteiger partial charge is 0.311 e. The van der Waals surface area contributed by atoms with Crippen LogP contribution in [-0.2, 0) is 6.54 Å². The Kier molecular flexibility index (Phi) is 6.23. The van der Waals surface area contributed by atoms with Crippen LogP contribution in [0.25, 0.3) is 0 Å². The Balaban J connectivity index is 2.20. The van der Waals surface area contributed by atoms with Gasteiger partial charge >= 0.3 is 0 Å². The van der Waals surface area contributed by atoms with Gasteiger partial charge in [0.2, 0.25) is 0 Å². The van der Waals surface area contributed by atoms with Gasteiger partial charge in [0.1, 0.15) is 0 Å². The summed E-state index contributed by atoms with van der Waals surface area (Å²) >= 11 is 0. The van der Waals surface area contributed by atoms with Crippen LogP contribution >= 0.6 is 0 Å². The maximum absolute atomic E-state index is 3.50. The predicted molar refractivity (Wildman–Crippen MR) is 75.3 cm³/mol. The molecule has 0 aliphatic heterocycles. The third-order valence-corrected chi connectivity index (χ3v) is 3.40. The van der Waals surface area contributed by atoms with Crippen LogP contribution in [0.1, 0.15) is 31.4 Å². The number of aryl methyl sites for hydroxylation is 1. The minimum atomic E-state index is 0.677. The zero-order valence-electron chi connectivity index (χ0n) is 11.7. The van der Waals surface area contributed by atoms with E-state index in [0.29, 0.717) is 6.04 Å². The van der Waals surface area contributed by atoms with Crippen LogP contribution in [-0.4, -0.2) is 31.1 Å². The normalized spacial score (nSPS) is 13.0. The van der Waals surface area contributed by atoms with Gasteiger partial charge in [-0.3, -0.25) is 0 Å². The van der Waals surface area contributed by atoms with Crippen molar-refractivity contribution in [3.05, 3.63) is 35.4 Å². The standard InChI is InChI=1S/C15H26N2/c1-5-14(3)17(4)10-9-16-12-15-8-6-7-13(2)11-15/h6-8,11,14,16H,5,9-10,12H2,1-4H3. The maximum atomic E-state index is 3.50. The molecule has 0 spiro atoms. The first-order chi connectivity index (χ1) is 8.13. The minimum Gasteiger partial charge on any atom is -0.311 e. The van der Waals surface area contributed by atoms with Crippen molar-refractivity contribution in [1.29, 1.82) is 0 Å². The zero-order chi connectivity index (χ0) is 12.7. The van der Waals surface area contributed by atoms with Gasteiger partial charge in [0.25, 0.3) is 0 Å². The lowest BCUT2D eigenvalue weighted by Gasteiger charge is -2.23. The molecular formula is C15H26N2. The number of nitrogens with zero attached hydrogens (tertiary/aromatic N) is 1. The number of rotatable bonds is 7. The van der Waals surface area contributed by atoms with Crippen LogP contribution in [0.2, 0.25) is 0 Å². The Bertz CT molecular complexity index is 322. The van der Waals surface area contributed by atoms with Crippen molar-refractivity contribution in [3.8, 4) is 0 Å². The van der Waals surface area contributed by atoms with Crippen LogP contribution in [0.5, 0.6) is 0 Å². The number of hydrogen-bond acceptors (Lipinski definition) is 2. The smallest absolute Gasteiger partial charge is 0.0206 e. The molecular weight excluding hydrogens is 208 g/mol. The van der Waals surface area contributed by atoms with Crippen molar-refractivity contribution in [2.75, 3.05) is 20.1 Å². The number of hydrogen-bond donors (Lipinski definition) is 1. The lowest BCUT2D eigenvalue weighted by atomic mass is 10.1. The second-order valence-electron chi connectivity index (χ2n) is 4.90. The second-order valence-corrected chi connectivity index (χ2v) is 4.90. The third-order valence-electron chi connectivity index (χ3n) is 3.40. The molecule has 2 nitrogen and oxygen atoms in total. The quantitative estimate of drug-likeness (QED) is 0.730. The lowest BCUT2D eigenvalue weighted by Crippen LogP contribution is -2.34. The molecule has 2 heteroatoms. The SMILES string of the molecule is CCC(C)N(C)CCNCc1cccc(C)c1. The highest BCUT2D eigenvalue weighted by Gasteiger charge is 2.05. The van der Waals surface area contributed by atoms with Gasteiger partial charge in [0.15, 0.2) is 0 Å². The summed E-state index contributed by atoms with van der Waals surface area (Å²) in [6.07, 6.45) is 1.22. The summed E-state index contributed by atoms with van der Waals surface area (Å²) in [7, 11) is 2.20. The molecule has 96 valence electrons. The Labute approximate surface area is 106 Å². The molecule has 0 amide bonds. The number of likely N-dealkylation sites (N-methyl/N-ethyl adjacent to an activating group) is 1. The van der Waals surface area contributed by atoms with E-state index in [-0.39, 0.29) is 0 Å². The van der Waals surface area contributed by atoms with Crippen molar-refractivity contribution in [2.45, 2.75) is 39.8 Å². The molecule has 0 fully saturated rings. The van der Waals surface area contributed by atoms with Crippen molar-refractivity contribution < 1.29 is 0 Å². The highest BCUT2D eigenvalue weighted by molar-refractivity contribution is 5.21. The molecule has 0 heterocycles. The van der Waals surface area contributed by atoms with E-state index in [4.69, 9.17) is 0 Å². The molecule has 1 unspecified atom stereocenters. The topological polar surface area (TPSA) is 15.3 Å². The lowest BCUT2D eigenvalue weighted by molar-refractivity contribution is 0.251. The van der Waals surface area contributed by atoms with Crippen LogP contribution in [0.3, 0.4) is 0 Å². The highest BCUT2D eigenvalue weighted by Crippen LogP contribution is 2.03. The van der Waals surface area contributed by atoms with E-state index in [0.717, 1.165) is 19.6 Å².